The summed E-state index contributed by atoms with van der Waals surface area (Å²) in [7, 11) is -1.91. The van der Waals surface area contributed by atoms with Gasteiger partial charge in [0.2, 0.25) is 0 Å². The minimum absolute atomic E-state index is 0.212. The maximum absolute atomic E-state index is 11.3. The molecule has 0 unspecified atom stereocenters. The zero-order valence-electron chi connectivity index (χ0n) is 7.95. The Hall–Kier alpha value is -0.640. The van der Waals surface area contributed by atoms with Gasteiger partial charge in [0.05, 0.1) is 6.07 Å². The van der Waals surface area contributed by atoms with E-state index < -0.39 is 10.2 Å². The van der Waals surface area contributed by atoms with Gasteiger partial charge in [0, 0.05) is 26.6 Å². The zero-order chi connectivity index (χ0) is 10.3. The first-order valence-electron chi connectivity index (χ1n) is 4.12. The van der Waals surface area contributed by atoms with Crippen molar-refractivity contribution in [2.75, 3.05) is 20.1 Å². The Balaban J connectivity index is 4.05. The van der Waals surface area contributed by atoms with Crippen LogP contribution in [0.3, 0.4) is 0 Å². The molecule has 13 heavy (non-hydrogen) atoms. The van der Waals surface area contributed by atoms with E-state index in [9.17, 15) is 8.42 Å². The first-order valence-corrected chi connectivity index (χ1v) is 5.56. The van der Waals surface area contributed by atoms with Crippen LogP contribution < -0.4 is 4.72 Å². The van der Waals surface area contributed by atoms with Crippen molar-refractivity contribution in [1.29, 1.82) is 5.26 Å². The van der Waals surface area contributed by atoms with Gasteiger partial charge in [-0.15, -0.1) is 0 Å². The van der Waals surface area contributed by atoms with Gasteiger partial charge in [-0.2, -0.15) is 18.0 Å². The molecule has 76 valence electrons. The Labute approximate surface area is 79.5 Å². The highest BCUT2D eigenvalue weighted by molar-refractivity contribution is 7.87. The third kappa shape index (κ3) is 4.83. The van der Waals surface area contributed by atoms with Crippen molar-refractivity contribution < 1.29 is 8.42 Å². The molecule has 0 aromatic carbocycles. The second kappa shape index (κ2) is 5.91. The van der Waals surface area contributed by atoms with Crippen LogP contribution in [-0.2, 0) is 10.2 Å². The topological polar surface area (TPSA) is 73.2 Å². The summed E-state index contributed by atoms with van der Waals surface area (Å²) in [5, 5.41) is 8.27. The van der Waals surface area contributed by atoms with Crippen LogP contribution in [0.1, 0.15) is 19.8 Å². The van der Waals surface area contributed by atoms with Crippen molar-refractivity contribution >= 4 is 10.2 Å². The lowest BCUT2D eigenvalue weighted by Crippen LogP contribution is -2.38. The standard InChI is InChI=1S/C7H15N3O2S/c1-3-6-9-13(11,12)10(2)7-4-5-8/h9H,3-4,6-7H2,1-2H3. The summed E-state index contributed by atoms with van der Waals surface area (Å²) >= 11 is 0. The minimum Gasteiger partial charge on any atom is -0.202 e. The van der Waals surface area contributed by atoms with Crippen LogP contribution in [-0.4, -0.2) is 32.9 Å². The average Bonchev–Trinajstić information content (AvgIpc) is 2.10. The first-order chi connectivity index (χ1) is 6.04. The Kier molecular flexibility index (Phi) is 5.62. The molecule has 0 fully saturated rings. The van der Waals surface area contributed by atoms with Crippen molar-refractivity contribution in [3.05, 3.63) is 0 Å². The molecule has 0 rings (SSSR count). The fourth-order valence-corrected chi connectivity index (χ4v) is 1.68. The van der Waals surface area contributed by atoms with Crippen LogP contribution in [0.15, 0.2) is 0 Å². The number of nitriles is 1. The molecule has 0 atom stereocenters. The SMILES string of the molecule is CCCNS(=O)(=O)N(C)CCC#N. The predicted octanol–water partition coefficient (Wildman–Crippen LogP) is 0.0763. The van der Waals surface area contributed by atoms with Gasteiger partial charge in [-0.3, -0.25) is 0 Å². The average molecular weight is 205 g/mol. The van der Waals surface area contributed by atoms with Gasteiger partial charge in [0.25, 0.3) is 10.2 Å². The van der Waals surface area contributed by atoms with E-state index >= 15 is 0 Å². The second-order valence-corrected chi connectivity index (χ2v) is 4.49. The van der Waals surface area contributed by atoms with Crippen LogP contribution >= 0.6 is 0 Å². The largest absolute Gasteiger partial charge is 0.279 e. The fraction of sp³-hybridized carbons (Fsp3) is 0.857. The third-order valence-electron chi connectivity index (χ3n) is 1.48. The van der Waals surface area contributed by atoms with Crippen molar-refractivity contribution in [3.8, 4) is 6.07 Å². The third-order valence-corrected chi connectivity index (χ3v) is 3.06. The summed E-state index contributed by atoms with van der Waals surface area (Å²) in [6.07, 6.45) is 0.967. The molecule has 0 bridgehead atoms. The number of nitrogens with one attached hydrogen (secondary N) is 1. The van der Waals surface area contributed by atoms with E-state index in [1.165, 1.54) is 7.05 Å². The van der Waals surface area contributed by atoms with E-state index in [-0.39, 0.29) is 13.0 Å². The van der Waals surface area contributed by atoms with Gasteiger partial charge in [-0.05, 0) is 6.42 Å². The van der Waals surface area contributed by atoms with Crippen molar-refractivity contribution in [2.45, 2.75) is 19.8 Å². The normalized spacial score (nSPS) is 11.5. The summed E-state index contributed by atoms with van der Waals surface area (Å²) in [5.41, 5.74) is 0. The molecule has 5 nitrogen and oxygen atoms in total. The summed E-state index contributed by atoms with van der Waals surface area (Å²) in [4.78, 5) is 0. The van der Waals surface area contributed by atoms with Crippen LogP contribution in [0.2, 0.25) is 0 Å². The minimum atomic E-state index is -3.36. The number of nitrogens with zero attached hydrogens (tertiary/aromatic N) is 2. The lowest BCUT2D eigenvalue weighted by molar-refractivity contribution is 0.464. The molecule has 0 amide bonds. The molecule has 0 aliphatic rings. The Morgan fingerprint density at radius 2 is 2.15 bits per heavy atom. The highest BCUT2D eigenvalue weighted by Crippen LogP contribution is 1.94. The van der Waals surface area contributed by atoms with Crippen molar-refractivity contribution in [1.82, 2.24) is 9.03 Å². The monoisotopic (exact) mass is 205 g/mol. The molecular formula is C7H15N3O2S. The van der Waals surface area contributed by atoms with Gasteiger partial charge in [-0.25, -0.2) is 4.72 Å². The molecule has 6 heteroatoms. The van der Waals surface area contributed by atoms with Gasteiger partial charge in [0.1, 0.15) is 0 Å². The molecule has 0 spiro atoms. The summed E-state index contributed by atoms with van der Waals surface area (Å²) in [6, 6.07) is 1.89. The molecule has 0 saturated carbocycles. The lowest BCUT2D eigenvalue weighted by Gasteiger charge is -2.15. The molecule has 0 aliphatic carbocycles. The summed E-state index contributed by atoms with van der Waals surface area (Å²) in [5.74, 6) is 0. The van der Waals surface area contributed by atoms with E-state index in [1.54, 1.807) is 0 Å². The smallest absolute Gasteiger partial charge is 0.202 e. The molecule has 0 aromatic rings. The maximum Gasteiger partial charge on any atom is 0.279 e. The highest BCUT2D eigenvalue weighted by atomic mass is 32.2. The van der Waals surface area contributed by atoms with Crippen LogP contribution in [0.5, 0.6) is 0 Å². The number of hydrogen-bond donors (Lipinski definition) is 1. The Morgan fingerprint density at radius 1 is 1.54 bits per heavy atom. The van der Waals surface area contributed by atoms with E-state index in [0.29, 0.717) is 6.54 Å². The van der Waals surface area contributed by atoms with Crippen LogP contribution in [0.4, 0.5) is 0 Å². The van der Waals surface area contributed by atoms with Gasteiger partial charge in [-0.1, -0.05) is 6.92 Å². The van der Waals surface area contributed by atoms with Crippen LogP contribution in [0.25, 0.3) is 0 Å². The summed E-state index contributed by atoms with van der Waals surface area (Å²) in [6.45, 7) is 2.55. The van der Waals surface area contributed by atoms with Gasteiger partial charge >= 0.3 is 0 Å². The number of hydrogen-bond acceptors (Lipinski definition) is 3. The van der Waals surface area contributed by atoms with E-state index in [1.807, 2.05) is 13.0 Å². The Bertz CT molecular complexity index is 268. The van der Waals surface area contributed by atoms with Crippen molar-refractivity contribution in [3.63, 3.8) is 0 Å². The summed E-state index contributed by atoms with van der Waals surface area (Å²) < 4.78 is 26.2. The van der Waals surface area contributed by atoms with E-state index in [0.717, 1.165) is 10.7 Å². The Morgan fingerprint density at radius 3 is 2.62 bits per heavy atom. The lowest BCUT2D eigenvalue weighted by atomic mass is 10.5. The number of rotatable bonds is 6. The highest BCUT2D eigenvalue weighted by Gasteiger charge is 2.15. The maximum atomic E-state index is 11.3. The molecule has 0 heterocycles. The molecule has 0 radical (unpaired) electrons. The predicted molar refractivity (Wildman–Crippen MR) is 50.1 cm³/mol. The van der Waals surface area contributed by atoms with Crippen LogP contribution in [0, 0.1) is 11.3 Å². The molecule has 1 N–H and O–H groups in total. The first kappa shape index (κ1) is 12.4. The molecular weight excluding hydrogens is 190 g/mol. The van der Waals surface area contributed by atoms with Gasteiger partial charge < -0.3 is 0 Å². The van der Waals surface area contributed by atoms with E-state index in [2.05, 4.69) is 4.72 Å². The second-order valence-electron chi connectivity index (χ2n) is 2.63. The van der Waals surface area contributed by atoms with Gasteiger partial charge in [0.15, 0.2) is 0 Å². The fourth-order valence-electron chi connectivity index (χ4n) is 0.669. The van der Waals surface area contributed by atoms with Crippen molar-refractivity contribution in [2.24, 2.45) is 0 Å². The molecule has 0 saturated heterocycles. The zero-order valence-corrected chi connectivity index (χ0v) is 8.76. The molecule has 0 aliphatic heterocycles. The quantitative estimate of drug-likeness (QED) is 0.667. The van der Waals surface area contributed by atoms with E-state index in [4.69, 9.17) is 5.26 Å². The molecule has 0 aromatic heterocycles.